The van der Waals surface area contributed by atoms with E-state index in [9.17, 15) is 9.59 Å². The first-order valence-corrected chi connectivity index (χ1v) is 8.25. The number of piperidine rings is 1. The molecule has 118 valence electrons. The molecule has 21 heavy (non-hydrogen) atoms. The van der Waals surface area contributed by atoms with Gasteiger partial charge in [0.05, 0.1) is 0 Å². The lowest BCUT2D eigenvalue weighted by molar-refractivity contribution is -0.140. The minimum atomic E-state index is -0.171. The van der Waals surface area contributed by atoms with E-state index < -0.39 is 0 Å². The quantitative estimate of drug-likeness (QED) is 0.761. The fraction of sp³-hybridized carbons (Fsp3) is 0.875. The van der Waals surface area contributed by atoms with Crippen LogP contribution in [0.5, 0.6) is 0 Å². The summed E-state index contributed by atoms with van der Waals surface area (Å²) in [6.45, 7) is 6.70. The molecule has 0 aromatic carbocycles. The summed E-state index contributed by atoms with van der Waals surface area (Å²) >= 11 is 0. The molecule has 3 heterocycles. The first-order valence-electron chi connectivity index (χ1n) is 8.25. The van der Waals surface area contributed by atoms with E-state index in [2.05, 4.69) is 18.9 Å². The zero-order valence-corrected chi connectivity index (χ0v) is 13.3. The van der Waals surface area contributed by atoms with Gasteiger partial charge in [0.15, 0.2) is 0 Å². The minimum absolute atomic E-state index is 0.168. The summed E-state index contributed by atoms with van der Waals surface area (Å²) in [5, 5.41) is 0. The zero-order chi connectivity index (χ0) is 15.0. The van der Waals surface area contributed by atoms with Gasteiger partial charge in [-0.2, -0.15) is 0 Å². The molecular formula is C16H27N3O2. The van der Waals surface area contributed by atoms with Crippen LogP contribution in [0.2, 0.25) is 0 Å². The molecular weight excluding hydrogens is 266 g/mol. The van der Waals surface area contributed by atoms with Crippen LogP contribution in [0.3, 0.4) is 0 Å². The summed E-state index contributed by atoms with van der Waals surface area (Å²) in [6, 6.07) is -0.171. The van der Waals surface area contributed by atoms with Gasteiger partial charge in [0, 0.05) is 26.1 Å². The van der Waals surface area contributed by atoms with Crippen molar-refractivity contribution in [2.45, 2.75) is 45.1 Å². The second-order valence-corrected chi connectivity index (χ2v) is 7.37. The van der Waals surface area contributed by atoms with Gasteiger partial charge in [-0.3, -0.25) is 9.59 Å². The van der Waals surface area contributed by atoms with Gasteiger partial charge in [0.1, 0.15) is 6.04 Å². The lowest BCUT2D eigenvalue weighted by Gasteiger charge is -2.41. The highest BCUT2D eigenvalue weighted by Crippen LogP contribution is 2.33. The molecule has 5 heteroatoms. The average molecular weight is 293 g/mol. The molecule has 3 fully saturated rings. The van der Waals surface area contributed by atoms with Crippen LogP contribution in [0.4, 0.5) is 0 Å². The standard InChI is InChI=1S/C16H27N3O2/c1-16(6-10-17(2)11-7-16)12-18-9-5-14(20)19-8-3-4-13(19)15(18)21/h13H,3-12H2,1-2H3. The maximum atomic E-state index is 12.8. The monoisotopic (exact) mass is 293 g/mol. The van der Waals surface area contributed by atoms with E-state index in [1.54, 1.807) is 0 Å². The van der Waals surface area contributed by atoms with Crippen LogP contribution < -0.4 is 0 Å². The summed E-state index contributed by atoms with van der Waals surface area (Å²) in [5.41, 5.74) is 0.207. The van der Waals surface area contributed by atoms with Gasteiger partial charge >= 0.3 is 0 Å². The molecule has 1 atom stereocenters. The molecule has 0 N–H and O–H groups in total. The van der Waals surface area contributed by atoms with Crippen molar-refractivity contribution < 1.29 is 9.59 Å². The number of rotatable bonds is 2. The second kappa shape index (κ2) is 5.59. The Labute approximate surface area is 127 Å². The van der Waals surface area contributed by atoms with E-state index in [0.717, 1.165) is 51.9 Å². The Bertz CT molecular complexity index is 429. The Balaban J connectivity index is 1.70. The van der Waals surface area contributed by atoms with Crippen molar-refractivity contribution in [2.24, 2.45) is 5.41 Å². The molecule has 3 saturated heterocycles. The molecule has 3 rings (SSSR count). The van der Waals surface area contributed by atoms with Crippen molar-refractivity contribution in [1.29, 1.82) is 0 Å². The largest absolute Gasteiger partial charge is 0.340 e. The van der Waals surface area contributed by atoms with Crippen LogP contribution in [-0.2, 0) is 9.59 Å². The third kappa shape index (κ3) is 2.93. The van der Waals surface area contributed by atoms with Crippen LogP contribution in [0.1, 0.15) is 39.0 Å². The molecule has 0 aromatic rings. The second-order valence-electron chi connectivity index (χ2n) is 7.37. The molecule has 0 spiro atoms. The molecule has 3 aliphatic heterocycles. The lowest BCUT2D eigenvalue weighted by atomic mass is 9.80. The SMILES string of the molecule is CN1CCC(C)(CN2CCC(=O)N3CCCC3C2=O)CC1. The van der Waals surface area contributed by atoms with Crippen molar-refractivity contribution in [3.8, 4) is 0 Å². The van der Waals surface area contributed by atoms with Gasteiger partial charge in [0.2, 0.25) is 11.8 Å². The molecule has 3 aliphatic rings. The summed E-state index contributed by atoms with van der Waals surface area (Å²) < 4.78 is 0. The van der Waals surface area contributed by atoms with Gasteiger partial charge in [-0.1, -0.05) is 6.92 Å². The normalized spacial score (nSPS) is 30.5. The van der Waals surface area contributed by atoms with Gasteiger partial charge in [0.25, 0.3) is 0 Å². The molecule has 0 aliphatic carbocycles. The molecule has 1 unspecified atom stereocenters. The summed E-state index contributed by atoms with van der Waals surface area (Å²) in [7, 11) is 2.16. The van der Waals surface area contributed by atoms with Gasteiger partial charge in [-0.25, -0.2) is 0 Å². The van der Waals surface area contributed by atoms with Crippen molar-refractivity contribution in [3.05, 3.63) is 0 Å². The molecule has 2 amide bonds. The van der Waals surface area contributed by atoms with Crippen molar-refractivity contribution in [1.82, 2.24) is 14.7 Å². The predicted molar refractivity (Wildman–Crippen MR) is 80.8 cm³/mol. The number of amides is 2. The van der Waals surface area contributed by atoms with Crippen molar-refractivity contribution >= 4 is 11.8 Å². The van der Waals surface area contributed by atoms with Crippen LogP contribution in [0.25, 0.3) is 0 Å². The number of carbonyl (C=O) groups excluding carboxylic acids is 2. The fourth-order valence-electron chi connectivity index (χ4n) is 3.95. The zero-order valence-electron chi connectivity index (χ0n) is 13.3. The fourth-order valence-corrected chi connectivity index (χ4v) is 3.95. The number of likely N-dealkylation sites (tertiary alicyclic amines) is 1. The maximum Gasteiger partial charge on any atom is 0.245 e. The predicted octanol–water partition coefficient (Wildman–Crippen LogP) is 0.942. The highest BCUT2D eigenvalue weighted by molar-refractivity contribution is 5.90. The summed E-state index contributed by atoms with van der Waals surface area (Å²) in [4.78, 5) is 31.1. The molecule has 0 aromatic heterocycles. The van der Waals surface area contributed by atoms with E-state index in [1.807, 2.05) is 9.80 Å². The molecule has 0 saturated carbocycles. The topological polar surface area (TPSA) is 43.9 Å². The van der Waals surface area contributed by atoms with Gasteiger partial charge in [-0.05, 0) is 51.2 Å². The Hall–Kier alpha value is -1.10. The minimum Gasteiger partial charge on any atom is -0.340 e. The Morgan fingerprint density at radius 3 is 2.57 bits per heavy atom. The van der Waals surface area contributed by atoms with E-state index in [4.69, 9.17) is 0 Å². The van der Waals surface area contributed by atoms with Crippen molar-refractivity contribution in [2.75, 3.05) is 39.8 Å². The van der Waals surface area contributed by atoms with Gasteiger partial charge < -0.3 is 14.7 Å². The molecule has 0 bridgehead atoms. The number of carbonyl (C=O) groups is 2. The highest BCUT2D eigenvalue weighted by atomic mass is 16.2. The lowest BCUT2D eigenvalue weighted by Crippen LogP contribution is -2.49. The summed E-state index contributed by atoms with van der Waals surface area (Å²) in [5.74, 6) is 0.361. The van der Waals surface area contributed by atoms with E-state index >= 15 is 0 Å². The third-order valence-corrected chi connectivity index (χ3v) is 5.53. The molecule has 5 nitrogen and oxygen atoms in total. The smallest absolute Gasteiger partial charge is 0.245 e. The highest BCUT2D eigenvalue weighted by Gasteiger charge is 2.41. The summed E-state index contributed by atoms with van der Waals surface area (Å²) in [6.07, 6.45) is 4.59. The number of hydrogen-bond donors (Lipinski definition) is 0. The number of nitrogens with zero attached hydrogens (tertiary/aromatic N) is 3. The maximum absolute atomic E-state index is 12.8. The van der Waals surface area contributed by atoms with Crippen LogP contribution in [0.15, 0.2) is 0 Å². The van der Waals surface area contributed by atoms with Gasteiger partial charge in [-0.15, -0.1) is 0 Å². The van der Waals surface area contributed by atoms with Crippen LogP contribution in [0, 0.1) is 5.41 Å². The Morgan fingerprint density at radius 1 is 1.14 bits per heavy atom. The first kappa shape index (κ1) is 14.8. The van der Waals surface area contributed by atoms with Crippen LogP contribution >= 0.6 is 0 Å². The van der Waals surface area contributed by atoms with Crippen LogP contribution in [-0.4, -0.2) is 72.3 Å². The Morgan fingerprint density at radius 2 is 1.86 bits per heavy atom. The third-order valence-electron chi connectivity index (χ3n) is 5.53. The van der Waals surface area contributed by atoms with E-state index in [0.29, 0.717) is 13.0 Å². The van der Waals surface area contributed by atoms with E-state index in [-0.39, 0.29) is 23.3 Å². The number of hydrogen-bond acceptors (Lipinski definition) is 3. The van der Waals surface area contributed by atoms with Crippen molar-refractivity contribution in [3.63, 3.8) is 0 Å². The van der Waals surface area contributed by atoms with E-state index in [1.165, 1.54) is 0 Å². The Kier molecular flexibility index (Phi) is 3.95. The number of fused-ring (bicyclic) bond motifs is 1. The average Bonchev–Trinajstić information content (AvgIpc) is 2.92. The molecule has 0 radical (unpaired) electrons. The first-order chi connectivity index (χ1) is 9.98.